The molecular weight excluding hydrogens is 422 g/mol. The summed E-state index contributed by atoms with van der Waals surface area (Å²) < 4.78 is 11.4. The average molecular weight is 456 g/mol. The number of carbonyl (C=O) groups is 1. The zero-order valence-electron chi connectivity index (χ0n) is 20.9. The van der Waals surface area contributed by atoms with Gasteiger partial charge in [0.25, 0.3) is 5.91 Å². The van der Waals surface area contributed by atoms with E-state index < -0.39 is 0 Å². The lowest BCUT2D eigenvalue weighted by Gasteiger charge is -2.19. The molecule has 1 N–H and O–H groups in total. The zero-order valence-corrected chi connectivity index (χ0v) is 20.9. The lowest BCUT2D eigenvalue weighted by Crippen LogP contribution is -2.04. The van der Waals surface area contributed by atoms with Gasteiger partial charge in [0, 0.05) is 16.8 Å². The molecular formula is C30H33NO3. The van der Waals surface area contributed by atoms with Gasteiger partial charge in [-0.2, -0.15) is 0 Å². The van der Waals surface area contributed by atoms with E-state index in [1.165, 1.54) is 0 Å². The van der Waals surface area contributed by atoms with E-state index in [-0.39, 0.29) is 5.91 Å². The number of carbonyl (C=O) groups excluding carboxylic acids is 1. The predicted molar refractivity (Wildman–Crippen MR) is 141 cm³/mol. The summed E-state index contributed by atoms with van der Waals surface area (Å²) in [5, 5.41) is 3.05. The van der Waals surface area contributed by atoms with Crippen molar-refractivity contribution in [3.05, 3.63) is 76.9 Å². The molecule has 1 heterocycles. The number of hydrogen-bond acceptors (Lipinski definition) is 3. The molecule has 0 bridgehead atoms. The fourth-order valence-electron chi connectivity index (χ4n) is 4.49. The fourth-order valence-corrected chi connectivity index (χ4v) is 4.49. The Morgan fingerprint density at radius 3 is 2.21 bits per heavy atom. The summed E-state index contributed by atoms with van der Waals surface area (Å²) in [4.78, 5) is 13.0. The van der Waals surface area contributed by atoms with Crippen molar-refractivity contribution < 1.29 is 14.3 Å². The second-order valence-electron chi connectivity index (χ2n) is 9.28. The van der Waals surface area contributed by atoms with Gasteiger partial charge < -0.3 is 14.8 Å². The van der Waals surface area contributed by atoms with Crippen LogP contribution in [0.4, 0.5) is 5.69 Å². The van der Waals surface area contributed by atoms with E-state index in [9.17, 15) is 4.79 Å². The van der Waals surface area contributed by atoms with Crippen molar-refractivity contribution in [3.63, 3.8) is 0 Å². The molecule has 34 heavy (non-hydrogen) atoms. The summed E-state index contributed by atoms with van der Waals surface area (Å²) in [7, 11) is 1.73. The van der Waals surface area contributed by atoms with Crippen LogP contribution in [0.3, 0.4) is 0 Å². The molecule has 0 saturated heterocycles. The first kappa shape index (κ1) is 23.6. The Kier molecular flexibility index (Phi) is 6.78. The maximum Gasteiger partial charge on any atom is 0.256 e. The van der Waals surface area contributed by atoms with Crippen LogP contribution in [0.15, 0.2) is 54.6 Å². The van der Waals surface area contributed by atoms with E-state index >= 15 is 0 Å². The summed E-state index contributed by atoms with van der Waals surface area (Å²) >= 11 is 0. The summed E-state index contributed by atoms with van der Waals surface area (Å²) in [6, 6.07) is 18.4. The highest BCUT2D eigenvalue weighted by Crippen LogP contribution is 2.39. The van der Waals surface area contributed by atoms with Crippen LogP contribution in [0.5, 0.6) is 11.5 Å². The standard InChI is InChI=1S/C30H33NO3/c1-7-34-23-10-8-9-21(16-23)22-11-12-24-27(30(32)31-28(24)17-22)15-20-13-25(18(2)3)29(33-6)26(14-20)19(4)5/h8-19H,7H2,1-6H3,(H,31,32). The second kappa shape index (κ2) is 9.76. The largest absolute Gasteiger partial charge is 0.496 e. The van der Waals surface area contributed by atoms with Crippen LogP contribution >= 0.6 is 0 Å². The van der Waals surface area contributed by atoms with Gasteiger partial charge in [0.2, 0.25) is 0 Å². The first-order valence-corrected chi connectivity index (χ1v) is 11.9. The van der Waals surface area contributed by atoms with Gasteiger partial charge >= 0.3 is 0 Å². The van der Waals surface area contributed by atoms with Crippen LogP contribution < -0.4 is 14.8 Å². The average Bonchev–Trinajstić information content (AvgIpc) is 3.12. The highest BCUT2D eigenvalue weighted by atomic mass is 16.5. The molecule has 0 aromatic heterocycles. The highest BCUT2D eigenvalue weighted by Gasteiger charge is 2.25. The van der Waals surface area contributed by atoms with E-state index in [2.05, 4.69) is 57.3 Å². The third kappa shape index (κ3) is 4.58. The molecule has 1 aliphatic rings. The molecule has 4 heteroatoms. The molecule has 1 amide bonds. The van der Waals surface area contributed by atoms with E-state index in [0.29, 0.717) is 24.0 Å². The molecule has 0 fully saturated rings. The molecule has 4 rings (SSSR count). The number of methoxy groups -OCH3 is 1. The van der Waals surface area contributed by atoms with Crippen LogP contribution in [-0.2, 0) is 4.79 Å². The van der Waals surface area contributed by atoms with E-state index in [0.717, 1.165) is 50.6 Å². The number of fused-ring (bicyclic) bond motifs is 1. The minimum absolute atomic E-state index is 0.0803. The van der Waals surface area contributed by atoms with E-state index in [1.807, 2.05) is 43.3 Å². The van der Waals surface area contributed by atoms with Crippen LogP contribution in [0.25, 0.3) is 22.8 Å². The quantitative estimate of drug-likeness (QED) is 0.375. The van der Waals surface area contributed by atoms with Crippen molar-refractivity contribution in [2.45, 2.75) is 46.5 Å². The van der Waals surface area contributed by atoms with Gasteiger partial charge in [0.1, 0.15) is 11.5 Å². The Balaban J connectivity index is 1.75. The first-order chi connectivity index (χ1) is 16.3. The van der Waals surface area contributed by atoms with E-state index in [1.54, 1.807) is 7.11 Å². The Hall–Kier alpha value is -3.53. The van der Waals surface area contributed by atoms with Crippen LogP contribution in [0.2, 0.25) is 0 Å². The van der Waals surface area contributed by atoms with Crippen molar-refractivity contribution in [1.82, 2.24) is 0 Å². The van der Waals surface area contributed by atoms with Gasteiger partial charge in [-0.05, 0) is 83.0 Å². The molecule has 3 aromatic rings. The van der Waals surface area contributed by atoms with Crippen LogP contribution in [-0.4, -0.2) is 19.6 Å². The summed E-state index contributed by atoms with van der Waals surface area (Å²) in [6.07, 6.45) is 1.99. The number of nitrogens with one attached hydrogen (secondary N) is 1. The van der Waals surface area contributed by atoms with Crippen molar-refractivity contribution in [3.8, 4) is 22.6 Å². The summed E-state index contributed by atoms with van der Waals surface area (Å²) in [6.45, 7) is 11.3. The maximum absolute atomic E-state index is 13.0. The van der Waals surface area contributed by atoms with Gasteiger partial charge in [-0.25, -0.2) is 0 Å². The minimum Gasteiger partial charge on any atom is -0.496 e. The van der Waals surface area contributed by atoms with Crippen LogP contribution in [0.1, 0.15) is 68.7 Å². The smallest absolute Gasteiger partial charge is 0.256 e. The molecule has 4 nitrogen and oxygen atoms in total. The van der Waals surface area contributed by atoms with Gasteiger partial charge in [-0.1, -0.05) is 52.0 Å². The van der Waals surface area contributed by atoms with Gasteiger partial charge in [-0.3, -0.25) is 4.79 Å². The third-order valence-corrected chi connectivity index (χ3v) is 6.21. The van der Waals surface area contributed by atoms with Gasteiger partial charge in [0.05, 0.1) is 13.7 Å². The molecule has 0 aliphatic carbocycles. The van der Waals surface area contributed by atoms with Crippen molar-refractivity contribution >= 4 is 23.2 Å². The molecule has 0 unspecified atom stereocenters. The Morgan fingerprint density at radius 2 is 1.59 bits per heavy atom. The Morgan fingerprint density at radius 1 is 0.912 bits per heavy atom. The molecule has 0 atom stereocenters. The lowest BCUT2D eigenvalue weighted by molar-refractivity contribution is -0.110. The summed E-state index contributed by atoms with van der Waals surface area (Å²) in [5.41, 5.74) is 7.85. The monoisotopic (exact) mass is 455 g/mol. The number of ether oxygens (including phenoxy) is 2. The molecule has 0 saturated carbocycles. The Bertz CT molecular complexity index is 1220. The summed E-state index contributed by atoms with van der Waals surface area (Å²) in [5.74, 6) is 2.33. The predicted octanol–water partition coefficient (Wildman–Crippen LogP) is 7.50. The molecule has 3 aromatic carbocycles. The first-order valence-electron chi connectivity index (χ1n) is 11.9. The van der Waals surface area contributed by atoms with Gasteiger partial charge in [0.15, 0.2) is 0 Å². The van der Waals surface area contributed by atoms with E-state index in [4.69, 9.17) is 9.47 Å². The van der Waals surface area contributed by atoms with Crippen molar-refractivity contribution in [2.75, 3.05) is 19.0 Å². The van der Waals surface area contributed by atoms with Gasteiger partial charge in [-0.15, -0.1) is 0 Å². The maximum atomic E-state index is 13.0. The number of benzene rings is 3. The molecule has 1 aliphatic heterocycles. The number of amides is 1. The van der Waals surface area contributed by atoms with Crippen molar-refractivity contribution in [1.29, 1.82) is 0 Å². The minimum atomic E-state index is -0.0803. The molecule has 176 valence electrons. The number of anilines is 1. The number of rotatable bonds is 7. The molecule has 0 radical (unpaired) electrons. The SMILES string of the molecule is CCOc1cccc(-c2ccc3c(c2)NC(=O)C3=Cc2cc(C(C)C)c(OC)c(C(C)C)c2)c1. The third-order valence-electron chi connectivity index (χ3n) is 6.21. The zero-order chi connectivity index (χ0) is 24.4. The second-order valence-corrected chi connectivity index (χ2v) is 9.28. The fraction of sp³-hybridized carbons (Fsp3) is 0.300. The topological polar surface area (TPSA) is 47.6 Å². The van der Waals surface area contributed by atoms with Crippen molar-refractivity contribution in [2.24, 2.45) is 0 Å². The number of hydrogen-bond donors (Lipinski definition) is 1. The Labute approximate surface area is 202 Å². The molecule has 0 spiro atoms. The normalized spacial score (nSPS) is 14.0. The van der Waals surface area contributed by atoms with Crippen LogP contribution in [0, 0.1) is 0 Å². The highest BCUT2D eigenvalue weighted by molar-refractivity contribution is 6.35. The lowest BCUT2D eigenvalue weighted by atomic mass is 9.90.